The molecule has 25 heavy (non-hydrogen) atoms. The van der Waals surface area contributed by atoms with E-state index in [1.54, 1.807) is 14.7 Å². The molecule has 0 aromatic heterocycles. The van der Waals surface area contributed by atoms with Crippen LogP contribution in [0.15, 0.2) is 0 Å². The molecule has 1 aliphatic carbocycles. The van der Waals surface area contributed by atoms with E-state index >= 15 is 0 Å². The Bertz CT molecular complexity index is 657. The molecule has 3 atom stereocenters. The molecule has 3 aliphatic rings. The average Bonchev–Trinajstić information content (AvgIpc) is 3.32. The van der Waals surface area contributed by atoms with Crippen molar-refractivity contribution < 1.29 is 22.8 Å². The molecule has 0 N–H and O–H groups in total. The fraction of sp³-hybridized carbons (Fsp3) is 0.812. The first-order valence-corrected chi connectivity index (χ1v) is 10.7. The van der Waals surface area contributed by atoms with Crippen LogP contribution in [-0.4, -0.2) is 91.6 Å². The van der Waals surface area contributed by atoms with Crippen molar-refractivity contribution in [3.8, 4) is 0 Å². The molecule has 2 saturated heterocycles. The number of rotatable bonds is 5. The van der Waals surface area contributed by atoms with Crippen molar-refractivity contribution in [2.75, 3.05) is 44.2 Å². The molecule has 0 radical (unpaired) electrons. The van der Waals surface area contributed by atoms with Gasteiger partial charge < -0.3 is 14.7 Å². The second kappa shape index (κ2) is 6.93. The average molecular weight is 371 g/mol. The fourth-order valence-corrected chi connectivity index (χ4v) is 5.58. The van der Waals surface area contributed by atoms with Crippen LogP contribution < -0.4 is 0 Å². The number of piperazine rings is 1. The molecule has 2 heterocycles. The standard InChI is InChI=1S/C16H25N3O5S/c1-2-19(12-3-8-25(23,24)10-12)16(22)14-9-13(14)15(21)18-6-4-17(11-20)5-7-18/h11-14H,2-10H2,1H3. The van der Waals surface area contributed by atoms with Gasteiger partial charge in [0.1, 0.15) is 0 Å². The minimum Gasteiger partial charge on any atom is -0.342 e. The first-order chi connectivity index (χ1) is 11.9. The molecule has 3 unspecified atom stereocenters. The van der Waals surface area contributed by atoms with Gasteiger partial charge in [0.05, 0.1) is 23.3 Å². The van der Waals surface area contributed by atoms with Crippen LogP contribution in [0.5, 0.6) is 0 Å². The summed E-state index contributed by atoms with van der Waals surface area (Å²) in [6.07, 6.45) is 1.82. The maximum atomic E-state index is 12.7. The van der Waals surface area contributed by atoms with Crippen molar-refractivity contribution in [3.05, 3.63) is 0 Å². The lowest BCUT2D eigenvalue weighted by Crippen LogP contribution is -2.49. The largest absolute Gasteiger partial charge is 0.342 e. The van der Waals surface area contributed by atoms with Gasteiger partial charge >= 0.3 is 0 Å². The van der Waals surface area contributed by atoms with Gasteiger partial charge in [0.25, 0.3) is 0 Å². The Kier molecular flexibility index (Phi) is 5.04. The van der Waals surface area contributed by atoms with Crippen LogP contribution in [0.25, 0.3) is 0 Å². The van der Waals surface area contributed by atoms with Gasteiger partial charge in [-0.1, -0.05) is 0 Å². The van der Waals surface area contributed by atoms with E-state index in [2.05, 4.69) is 0 Å². The van der Waals surface area contributed by atoms with Gasteiger partial charge in [-0.2, -0.15) is 0 Å². The molecule has 3 rings (SSSR count). The van der Waals surface area contributed by atoms with Crippen LogP contribution in [0, 0.1) is 11.8 Å². The molecule has 2 aliphatic heterocycles. The summed E-state index contributed by atoms with van der Waals surface area (Å²) in [6.45, 7) is 4.39. The van der Waals surface area contributed by atoms with Crippen LogP contribution in [0.1, 0.15) is 19.8 Å². The van der Waals surface area contributed by atoms with Gasteiger partial charge in [-0.25, -0.2) is 8.42 Å². The molecular weight excluding hydrogens is 346 g/mol. The highest BCUT2D eigenvalue weighted by atomic mass is 32.2. The second-order valence-electron chi connectivity index (χ2n) is 7.10. The van der Waals surface area contributed by atoms with Gasteiger partial charge in [0.2, 0.25) is 18.2 Å². The minimum absolute atomic E-state index is 0.0148. The van der Waals surface area contributed by atoms with Gasteiger partial charge in [0.15, 0.2) is 9.84 Å². The van der Waals surface area contributed by atoms with Crippen molar-refractivity contribution in [2.24, 2.45) is 11.8 Å². The van der Waals surface area contributed by atoms with Gasteiger partial charge in [-0.3, -0.25) is 14.4 Å². The highest BCUT2D eigenvalue weighted by Gasteiger charge is 2.52. The summed E-state index contributed by atoms with van der Waals surface area (Å²) in [5.74, 6) is -0.545. The summed E-state index contributed by atoms with van der Waals surface area (Å²) in [5.41, 5.74) is 0. The van der Waals surface area contributed by atoms with Crippen molar-refractivity contribution in [3.63, 3.8) is 0 Å². The molecule has 0 aromatic rings. The number of sulfone groups is 1. The van der Waals surface area contributed by atoms with Crippen molar-refractivity contribution in [1.82, 2.24) is 14.7 Å². The van der Waals surface area contributed by atoms with E-state index < -0.39 is 9.84 Å². The summed E-state index contributed by atoms with van der Waals surface area (Å²) >= 11 is 0. The maximum absolute atomic E-state index is 12.7. The number of amides is 3. The molecule has 1 saturated carbocycles. The van der Waals surface area contributed by atoms with Crippen molar-refractivity contribution >= 4 is 28.1 Å². The maximum Gasteiger partial charge on any atom is 0.226 e. The van der Waals surface area contributed by atoms with Crippen LogP contribution in [0.2, 0.25) is 0 Å². The van der Waals surface area contributed by atoms with Gasteiger partial charge in [0, 0.05) is 38.8 Å². The Morgan fingerprint density at radius 1 is 1.16 bits per heavy atom. The Hall–Kier alpha value is -1.64. The number of carbonyl (C=O) groups is 3. The molecule has 8 nitrogen and oxygen atoms in total. The van der Waals surface area contributed by atoms with E-state index in [9.17, 15) is 22.8 Å². The van der Waals surface area contributed by atoms with E-state index in [0.717, 1.165) is 6.41 Å². The minimum atomic E-state index is -3.05. The smallest absolute Gasteiger partial charge is 0.226 e. The first kappa shape index (κ1) is 18.2. The van der Waals surface area contributed by atoms with Crippen molar-refractivity contribution in [1.29, 1.82) is 0 Å². The Balaban J connectivity index is 1.56. The third-order valence-corrected chi connectivity index (χ3v) is 7.22. The normalized spacial score (nSPS) is 30.8. The quantitative estimate of drug-likeness (QED) is 0.575. The Morgan fingerprint density at radius 3 is 2.36 bits per heavy atom. The highest BCUT2D eigenvalue weighted by molar-refractivity contribution is 7.91. The topological polar surface area (TPSA) is 95.1 Å². The predicted molar refractivity (Wildman–Crippen MR) is 90.3 cm³/mol. The van der Waals surface area contributed by atoms with Crippen LogP contribution in [-0.2, 0) is 24.2 Å². The van der Waals surface area contributed by atoms with E-state index in [1.807, 2.05) is 6.92 Å². The monoisotopic (exact) mass is 371 g/mol. The van der Waals surface area contributed by atoms with Crippen molar-refractivity contribution in [2.45, 2.75) is 25.8 Å². The predicted octanol–water partition coefficient (Wildman–Crippen LogP) is -1.04. The zero-order valence-corrected chi connectivity index (χ0v) is 15.3. The summed E-state index contributed by atoms with van der Waals surface area (Å²) in [6, 6.07) is -0.255. The van der Waals surface area contributed by atoms with Crippen LogP contribution in [0.4, 0.5) is 0 Å². The van der Waals surface area contributed by atoms with E-state index in [1.165, 1.54) is 0 Å². The molecule has 140 valence electrons. The summed E-state index contributed by atoms with van der Waals surface area (Å²) in [4.78, 5) is 41.0. The number of hydrogen-bond donors (Lipinski definition) is 0. The molecular formula is C16H25N3O5S. The van der Waals surface area contributed by atoms with E-state index in [-0.39, 0.29) is 41.2 Å². The molecule has 9 heteroatoms. The summed E-state index contributed by atoms with van der Waals surface area (Å²) < 4.78 is 23.3. The number of hydrogen-bond acceptors (Lipinski definition) is 5. The zero-order valence-electron chi connectivity index (χ0n) is 14.5. The SMILES string of the molecule is CCN(C(=O)C1CC1C(=O)N1CCN(C=O)CC1)C1CCS(=O)(=O)C1. The number of carbonyl (C=O) groups excluding carboxylic acids is 3. The van der Waals surface area contributed by atoms with Gasteiger partial charge in [-0.05, 0) is 19.8 Å². The first-order valence-electron chi connectivity index (χ1n) is 8.85. The fourth-order valence-electron chi connectivity index (χ4n) is 3.85. The third kappa shape index (κ3) is 3.80. The lowest BCUT2D eigenvalue weighted by molar-refractivity contribution is -0.140. The van der Waals surface area contributed by atoms with E-state index in [4.69, 9.17) is 0 Å². The lowest BCUT2D eigenvalue weighted by Gasteiger charge is -2.33. The number of nitrogens with zero attached hydrogens (tertiary/aromatic N) is 3. The Morgan fingerprint density at radius 2 is 1.84 bits per heavy atom. The summed E-state index contributed by atoms with van der Waals surface area (Å²) in [5, 5.41) is 0. The van der Waals surface area contributed by atoms with Gasteiger partial charge in [-0.15, -0.1) is 0 Å². The molecule has 0 aromatic carbocycles. The molecule has 3 amide bonds. The van der Waals surface area contributed by atoms with Crippen LogP contribution in [0.3, 0.4) is 0 Å². The highest BCUT2D eigenvalue weighted by Crippen LogP contribution is 2.42. The lowest BCUT2D eigenvalue weighted by atomic mass is 10.1. The molecule has 3 fully saturated rings. The molecule has 0 bridgehead atoms. The zero-order chi connectivity index (χ0) is 18.2. The second-order valence-corrected chi connectivity index (χ2v) is 9.33. The molecule has 0 spiro atoms. The van der Waals surface area contributed by atoms with Crippen LogP contribution >= 0.6 is 0 Å². The van der Waals surface area contributed by atoms with E-state index in [0.29, 0.717) is 45.6 Å². The summed E-state index contributed by atoms with van der Waals surface area (Å²) in [7, 11) is -3.05. The Labute approximate surface area is 148 Å². The third-order valence-electron chi connectivity index (χ3n) is 5.47.